The summed E-state index contributed by atoms with van der Waals surface area (Å²) in [5.41, 5.74) is 2.77. The topological polar surface area (TPSA) is 56.8 Å². The molecular weight excluding hydrogens is 394 g/mol. The van der Waals surface area contributed by atoms with Gasteiger partial charge < -0.3 is 19.2 Å². The molecule has 1 amide bonds. The summed E-state index contributed by atoms with van der Waals surface area (Å²) in [6, 6.07) is 8.09. The van der Waals surface area contributed by atoms with Gasteiger partial charge in [0.05, 0.1) is 7.11 Å². The van der Waals surface area contributed by atoms with Crippen molar-refractivity contribution in [3.63, 3.8) is 0 Å². The Labute approximate surface area is 183 Å². The molecular formula is C24H39NO4Si. The summed E-state index contributed by atoms with van der Waals surface area (Å²) < 4.78 is 17.3. The van der Waals surface area contributed by atoms with Gasteiger partial charge in [-0.05, 0) is 34.3 Å². The molecule has 5 nitrogen and oxygen atoms in total. The Balaban J connectivity index is 2.18. The number of hydrogen-bond acceptors (Lipinski definition) is 4. The zero-order chi connectivity index (χ0) is 22.5. The molecule has 30 heavy (non-hydrogen) atoms. The van der Waals surface area contributed by atoms with Gasteiger partial charge in [-0.2, -0.15) is 0 Å². The molecule has 0 unspecified atom stereocenters. The summed E-state index contributed by atoms with van der Waals surface area (Å²) in [5, 5.41) is 3.04. The zero-order valence-electron chi connectivity index (χ0n) is 19.6. The van der Waals surface area contributed by atoms with E-state index in [1.807, 2.05) is 12.1 Å². The molecule has 0 spiro atoms. The van der Waals surface area contributed by atoms with Crippen molar-refractivity contribution in [2.75, 3.05) is 20.3 Å². The first-order chi connectivity index (χ1) is 14.2. The van der Waals surface area contributed by atoms with Gasteiger partial charge >= 0.3 is 6.09 Å². The highest BCUT2D eigenvalue weighted by atomic mass is 28.4. The van der Waals surface area contributed by atoms with Crippen LogP contribution in [0.1, 0.15) is 53.0 Å². The van der Waals surface area contributed by atoms with Gasteiger partial charge in [0.1, 0.15) is 12.4 Å². The van der Waals surface area contributed by atoms with E-state index in [2.05, 4.69) is 65.6 Å². The first-order valence-corrected chi connectivity index (χ1v) is 13.1. The molecule has 1 N–H and O–H groups in total. The van der Waals surface area contributed by atoms with Crippen LogP contribution in [0.5, 0.6) is 5.75 Å². The van der Waals surface area contributed by atoms with Crippen LogP contribution in [-0.4, -0.2) is 40.8 Å². The normalized spacial score (nSPS) is 21.1. The molecule has 1 aliphatic carbocycles. The van der Waals surface area contributed by atoms with Crippen molar-refractivity contribution in [3.05, 3.63) is 42.5 Å². The second-order valence-electron chi connectivity index (χ2n) is 9.15. The van der Waals surface area contributed by atoms with E-state index in [-0.39, 0.29) is 24.5 Å². The molecule has 0 saturated heterocycles. The zero-order valence-corrected chi connectivity index (χ0v) is 20.6. The van der Waals surface area contributed by atoms with Crippen molar-refractivity contribution in [1.29, 1.82) is 0 Å². The summed E-state index contributed by atoms with van der Waals surface area (Å²) in [7, 11) is -0.300. The summed E-state index contributed by atoms with van der Waals surface area (Å²) in [6.07, 6.45) is 1.17. The predicted molar refractivity (Wildman–Crippen MR) is 125 cm³/mol. The summed E-state index contributed by atoms with van der Waals surface area (Å²) in [5.74, 6) is 1.27. The van der Waals surface area contributed by atoms with Gasteiger partial charge in [-0.1, -0.05) is 66.3 Å². The Morgan fingerprint density at radius 1 is 1.10 bits per heavy atom. The third-order valence-electron chi connectivity index (χ3n) is 6.52. The molecule has 3 atom stereocenters. The largest absolute Gasteiger partial charge is 0.497 e. The fourth-order valence-corrected chi connectivity index (χ4v) is 10.6. The molecule has 0 heterocycles. The van der Waals surface area contributed by atoms with Crippen molar-refractivity contribution in [2.24, 2.45) is 5.92 Å². The highest BCUT2D eigenvalue weighted by molar-refractivity contribution is 6.77. The maximum Gasteiger partial charge on any atom is 0.407 e. The van der Waals surface area contributed by atoms with E-state index in [1.54, 1.807) is 13.2 Å². The lowest BCUT2D eigenvalue weighted by Crippen LogP contribution is -2.48. The molecule has 0 bridgehead atoms. The second kappa shape index (κ2) is 10.5. The third kappa shape index (κ3) is 5.27. The number of amides is 1. The highest BCUT2D eigenvalue weighted by Crippen LogP contribution is 2.50. The second-order valence-corrected chi connectivity index (χ2v) is 14.6. The fraction of sp³-hybridized carbons (Fsp3) is 0.625. The number of carbonyl (C=O) groups excluding carboxylic acids is 1. The Morgan fingerprint density at radius 3 is 2.13 bits per heavy atom. The van der Waals surface area contributed by atoms with Gasteiger partial charge in [-0.3, -0.25) is 0 Å². The molecule has 2 rings (SSSR count). The molecule has 1 aromatic carbocycles. The Hall–Kier alpha value is -1.79. The smallest absolute Gasteiger partial charge is 0.407 e. The molecule has 1 saturated carbocycles. The van der Waals surface area contributed by atoms with Crippen LogP contribution in [0.4, 0.5) is 4.79 Å². The maximum absolute atomic E-state index is 12.2. The van der Waals surface area contributed by atoms with Gasteiger partial charge in [0.15, 0.2) is 8.32 Å². The first-order valence-electron chi connectivity index (χ1n) is 11.0. The van der Waals surface area contributed by atoms with E-state index >= 15 is 0 Å². The standard InChI is InChI=1S/C24H39NO4Si/c1-9-14-28-24(26)25-23-21(22(23)19-10-12-20(27-8)13-11-19)15-29-30(16(2)3,17(4)5)18(6)7/h9-13,16-18,21-23H,1,14-15H2,2-8H3,(H,25,26)/t21-,22+,23+/m0/s1. The van der Waals surface area contributed by atoms with Gasteiger partial charge in [-0.15, -0.1) is 0 Å². The molecule has 0 aromatic heterocycles. The van der Waals surface area contributed by atoms with Crippen LogP contribution in [0.25, 0.3) is 0 Å². The van der Waals surface area contributed by atoms with Crippen molar-refractivity contribution in [1.82, 2.24) is 5.32 Å². The number of alkyl carbamates (subject to hydrolysis) is 1. The average Bonchev–Trinajstić information content (AvgIpc) is 3.37. The number of methoxy groups -OCH3 is 1. The van der Waals surface area contributed by atoms with E-state index in [4.69, 9.17) is 13.9 Å². The number of nitrogens with one attached hydrogen (secondary N) is 1. The molecule has 168 valence electrons. The number of benzene rings is 1. The van der Waals surface area contributed by atoms with Crippen LogP contribution in [0.2, 0.25) is 16.6 Å². The lowest BCUT2D eigenvalue weighted by atomic mass is 10.1. The van der Waals surface area contributed by atoms with Crippen molar-refractivity contribution >= 4 is 14.4 Å². The minimum atomic E-state index is -1.96. The van der Waals surface area contributed by atoms with Crippen LogP contribution < -0.4 is 10.1 Å². The Kier molecular flexibility index (Phi) is 8.56. The predicted octanol–water partition coefficient (Wildman–Crippen LogP) is 5.88. The van der Waals surface area contributed by atoms with Crippen LogP contribution in [0.15, 0.2) is 36.9 Å². The Bertz CT molecular complexity index is 680. The molecule has 1 aliphatic rings. The van der Waals surface area contributed by atoms with E-state index in [0.29, 0.717) is 23.2 Å². The summed E-state index contributed by atoms with van der Waals surface area (Å²) in [6.45, 7) is 18.2. The Morgan fingerprint density at radius 2 is 1.67 bits per heavy atom. The van der Waals surface area contributed by atoms with Crippen molar-refractivity contribution in [3.8, 4) is 5.75 Å². The molecule has 6 heteroatoms. The van der Waals surface area contributed by atoms with Crippen LogP contribution in [-0.2, 0) is 9.16 Å². The summed E-state index contributed by atoms with van der Waals surface area (Å²) in [4.78, 5) is 12.2. The van der Waals surface area contributed by atoms with E-state index in [0.717, 1.165) is 5.75 Å². The number of ether oxygens (including phenoxy) is 2. The van der Waals surface area contributed by atoms with E-state index in [1.165, 1.54) is 5.56 Å². The SMILES string of the molecule is C=CCOC(=O)N[C@@H]1[C@@H](CO[Si](C(C)C)(C(C)C)C(C)C)[C@H]1c1ccc(OC)cc1. The third-order valence-corrected chi connectivity index (χ3v) is 12.6. The monoisotopic (exact) mass is 433 g/mol. The van der Waals surface area contributed by atoms with E-state index < -0.39 is 14.4 Å². The van der Waals surface area contributed by atoms with Gasteiger partial charge in [0.25, 0.3) is 0 Å². The van der Waals surface area contributed by atoms with Gasteiger partial charge in [-0.25, -0.2) is 4.79 Å². The van der Waals surface area contributed by atoms with Gasteiger partial charge in [0, 0.05) is 24.5 Å². The summed E-state index contributed by atoms with van der Waals surface area (Å²) >= 11 is 0. The lowest BCUT2D eigenvalue weighted by molar-refractivity contribution is 0.156. The quantitative estimate of drug-likeness (QED) is 0.350. The molecule has 0 aliphatic heterocycles. The van der Waals surface area contributed by atoms with Crippen LogP contribution in [0.3, 0.4) is 0 Å². The lowest BCUT2D eigenvalue weighted by Gasteiger charge is -2.42. The molecule has 0 radical (unpaired) electrons. The van der Waals surface area contributed by atoms with Gasteiger partial charge in [0.2, 0.25) is 0 Å². The highest BCUT2D eigenvalue weighted by Gasteiger charge is 2.54. The average molecular weight is 434 g/mol. The first kappa shape index (κ1) is 24.5. The number of carbonyl (C=O) groups is 1. The molecule has 1 fully saturated rings. The van der Waals surface area contributed by atoms with Crippen molar-refractivity contribution < 1.29 is 18.7 Å². The van der Waals surface area contributed by atoms with Crippen LogP contribution in [0, 0.1) is 5.92 Å². The maximum atomic E-state index is 12.2. The number of rotatable bonds is 11. The minimum absolute atomic E-state index is 0.00824. The number of hydrogen-bond donors (Lipinski definition) is 1. The van der Waals surface area contributed by atoms with E-state index in [9.17, 15) is 4.79 Å². The fourth-order valence-electron chi connectivity index (χ4n) is 5.11. The van der Waals surface area contributed by atoms with Crippen LogP contribution >= 0.6 is 0 Å². The van der Waals surface area contributed by atoms with Crippen molar-refractivity contribution in [2.45, 2.75) is 70.1 Å². The minimum Gasteiger partial charge on any atom is -0.497 e. The molecule has 1 aromatic rings.